The van der Waals surface area contributed by atoms with E-state index in [4.69, 9.17) is 4.74 Å². The van der Waals surface area contributed by atoms with Gasteiger partial charge in [-0.15, -0.1) is 0 Å². The lowest BCUT2D eigenvalue weighted by molar-refractivity contribution is 0.0526. The number of carbonyl (C=O) groups is 1. The molecule has 126 valence electrons. The van der Waals surface area contributed by atoms with Gasteiger partial charge in [-0.1, -0.05) is 24.3 Å². The first-order valence-electron chi connectivity index (χ1n) is 7.86. The molecule has 0 amide bonds. The van der Waals surface area contributed by atoms with E-state index in [1.165, 1.54) is 34.1 Å². The smallest absolute Gasteiger partial charge is 0.338 e. The molecule has 1 heterocycles. The Hall–Kier alpha value is -2.18. The summed E-state index contributed by atoms with van der Waals surface area (Å²) in [6, 6.07) is 13.8. The number of hydrogen-bond acceptors (Lipinski definition) is 4. The normalized spacial score (nSPS) is 14.9. The zero-order valence-corrected chi connectivity index (χ0v) is 14.3. The molecule has 1 aliphatic rings. The first-order chi connectivity index (χ1) is 11.5. The number of ether oxygens (including phenoxy) is 1. The maximum Gasteiger partial charge on any atom is 0.338 e. The largest absolute Gasteiger partial charge is 0.462 e. The van der Waals surface area contributed by atoms with Crippen molar-refractivity contribution in [2.75, 3.05) is 13.2 Å². The predicted octanol–water partition coefficient (Wildman–Crippen LogP) is 2.61. The van der Waals surface area contributed by atoms with Crippen molar-refractivity contribution >= 4 is 16.0 Å². The molecular formula is C18H19NO4S. The molecule has 0 bridgehead atoms. The van der Waals surface area contributed by atoms with Crippen LogP contribution in [0.4, 0.5) is 0 Å². The Balaban J connectivity index is 1.82. The maximum atomic E-state index is 12.8. The van der Waals surface area contributed by atoms with E-state index in [9.17, 15) is 13.2 Å². The Morgan fingerprint density at radius 1 is 1.08 bits per heavy atom. The van der Waals surface area contributed by atoms with Crippen LogP contribution in [0.1, 0.15) is 28.4 Å². The summed E-state index contributed by atoms with van der Waals surface area (Å²) in [5.74, 6) is -0.451. The molecule has 24 heavy (non-hydrogen) atoms. The van der Waals surface area contributed by atoms with Gasteiger partial charge in [-0.2, -0.15) is 4.31 Å². The molecule has 0 saturated heterocycles. The highest BCUT2D eigenvalue weighted by atomic mass is 32.2. The second-order valence-corrected chi connectivity index (χ2v) is 7.54. The van der Waals surface area contributed by atoms with E-state index in [0.717, 1.165) is 5.56 Å². The number of fused-ring (bicyclic) bond motifs is 1. The van der Waals surface area contributed by atoms with Gasteiger partial charge >= 0.3 is 5.97 Å². The molecule has 0 N–H and O–H groups in total. The molecule has 0 atom stereocenters. The van der Waals surface area contributed by atoms with Crippen molar-refractivity contribution in [3.63, 3.8) is 0 Å². The van der Waals surface area contributed by atoms with Gasteiger partial charge in [-0.3, -0.25) is 0 Å². The summed E-state index contributed by atoms with van der Waals surface area (Å²) in [5, 5.41) is 0. The number of hydrogen-bond donors (Lipinski definition) is 0. The molecule has 0 aliphatic carbocycles. The van der Waals surface area contributed by atoms with Gasteiger partial charge in [0.05, 0.1) is 17.1 Å². The summed E-state index contributed by atoms with van der Waals surface area (Å²) < 4.78 is 32.0. The van der Waals surface area contributed by atoms with Gasteiger partial charge in [-0.25, -0.2) is 13.2 Å². The highest BCUT2D eigenvalue weighted by molar-refractivity contribution is 7.89. The average Bonchev–Trinajstić information content (AvgIpc) is 2.61. The van der Waals surface area contributed by atoms with Crippen LogP contribution in [0.5, 0.6) is 0 Å². The number of benzene rings is 2. The predicted molar refractivity (Wildman–Crippen MR) is 90.1 cm³/mol. The third-order valence-electron chi connectivity index (χ3n) is 4.10. The van der Waals surface area contributed by atoms with Crippen molar-refractivity contribution in [2.45, 2.75) is 24.8 Å². The Labute approximate surface area is 141 Å². The maximum absolute atomic E-state index is 12.8. The number of nitrogens with zero attached hydrogens (tertiary/aromatic N) is 1. The van der Waals surface area contributed by atoms with Crippen LogP contribution in [-0.2, 0) is 27.7 Å². The molecule has 0 aromatic heterocycles. The monoisotopic (exact) mass is 345 g/mol. The molecule has 0 fully saturated rings. The second kappa shape index (κ2) is 6.75. The summed E-state index contributed by atoms with van der Waals surface area (Å²) in [7, 11) is -3.58. The van der Waals surface area contributed by atoms with Crippen molar-refractivity contribution in [1.82, 2.24) is 4.31 Å². The minimum Gasteiger partial charge on any atom is -0.462 e. The fraction of sp³-hybridized carbons (Fsp3) is 0.278. The van der Waals surface area contributed by atoms with Gasteiger partial charge in [0.1, 0.15) is 0 Å². The van der Waals surface area contributed by atoms with E-state index in [0.29, 0.717) is 25.1 Å². The molecule has 2 aromatic carbocycles. The molecule has 2 aromatic rings. The van der Waals surface area contributed by atoms with Gasteiger partial charge in [0, 0.05) is 13.1 Å². The van der Waals surface area contributed by atoms with E-state index in [2.05, 4.69) is 0 Å². The molecule has 5 nitrogen and oxygen atoms in total. The summed E-state index contributed by atoms with van der Waals surface area (Å²) >= 11 is 0. The Bertz CT molecular complexity index is 844. The van der Waals surface area contributed by atoms with E-state index in [1.807, 2.05) is 24.3 Å². The van der Waals surface area contributed by atoms with Crippen LogP contribution in [0, 0.1) is 0 Å². The standard InChI is InChI=1S/C18H19NO4S/c1-2-23-18(20)15-7-9-17(10-8-15)24(21,22)19-12-11-14-5-3-4-6-16(14)13-19/h3-10H,2,11-13H2,1H3. The van der Waals surface area contributed by atoms with Gasteiger partial charge < -0.3 is 4.74 Å². The second-order valence-electron chi connectivity index (χ2n) is 5.60. The van der Waals surface area contributed by atoms with Crippen molar-refractivity contribution in [3.05, 3.63) is 65.2 Å². The molecular weight excluding hydrogens is 326 g/mol. The Morgan fingerprint density at radius 3 is 2.42 bits per heavy atom. The van der Waals surface area contributed by atoms with Crippen LogP contribution in [0.3, 0.4) is 0 Å². The fourth-order valence-corrected chi connectivity index (χ4v) is 4.22. The SMILES string of the molecule is CCOC(=O)c1ccc(S(=O)(=O)N2CCc3ccccc3C2)cc1. The van der Waals surface area contributed by atoms with Gasteiger partial charge in [0.2, 0.25) is 10.0 Å². The quantitative estimate of drug-likeness (QED) is 0.799. The highest BCUT2D eigenvalue weighted by Crippen LogP contribution is 2.25. The van der Waals surface area contributed by atoms with Gasteiger partial charge in [0.15, 0.2) is 0 Å². The summed E-state index contributed by atoms with van der Waals surface area (Å²) in [4.78, 5) is 11.9. The van der Waals surface area contributed by atoms with Crippen LogP contribution in [0.15, 0.2) is 53.4 Å². The summed E-state index contributed by atoms with van der Waals surface area (Å²) in [5.41, 5.74) is 2.58. The number of esters is 1. The van der Waals surface area contributed by atoms with Crippen LogP contribution in [0.25, 0.3) is 0 Å². The van der Waals surface area contributed by atoms with E-state index in [1.54, 1.807) is 6.92 Å². The first kappa shape index (κ1) is 16.7. The molecule has 0 spiro atoms. The van der Waals surface area contributed by atoms with Crippen molar-refractivity contribution in [2.24, 2.45) is 0 Å². The number of sulfonamides is 1. The Morgan fingerprint density at radius 2 is 1.75 bits per heavy atom. The van der Waals surface area contributed by atoms with Crippen LogP contribution in [0.2, 0.25) is 0 Å². The minimum atomic E-state index is -3.58. The average molecular weight is 345 g/mol. The van der Waals surface area contributed by atoms with Crippen molar-refractivity contribution < 1.29 is 17.9 Å². The third-order valence-corrected chi connectivity index (χ3v) is 5.96. The lowest BCUT2D eigenvalue weighted by atomic mass is 10.0. The van der Waals surface area contributed by atoms with Crippen LogP contribution in [-0.4, -0.2) is 31.8 Å². The van der Waals surface area contributed by atoms with Crippen LogP contribution < -0.4 is 0 Å². The lowest BCUT2D eigenvalue weighted by Gasteiger charge is -2.28. The number of rotatable bonds is 4. The molecule has 0 saturated carbocycles. The zero-order valence-electron chi connectivity index (χ0n) is 13.4. The zero-order chi connectivity index (χ0) is 17.2. The molecule has 6 heteroatoms. The third kappa shape index (κ3) is 3.20. The summed E-state index contributed by atoms with van der Waals surface area (Å²) in [6.45, 7) is 2.84. The molecule has 0 radical (unpaired) electrons. The molecule has 0 unspecified atom stereocenters. The Kier molecular flexibility index (Phi) is 4.69. The van der Waals surface area contributed by atoms with Crippen molar-refractivity contribution in [3.8, 4) is 0 Å². The van der Waals surface area contributed by atoms with Crippen LogP contribution >= 0.6 is 0 Å². The van der Waals surface area contributed by atoms with E-state index < -0.39 is 16.0 Å². The number of carbonyl (C=O) groups excluding carboxylic acids is 1. The first-order valence-corrected chi connectivity index (χ1v) is 9.30. The topological polar surface area (TPSA) is 63.7 Å². The van der Waals surface area contributed by atoms with Gasteiger partial charge in [0.25, 0.3) is 0 Å². The van der Waals surface area contributed by atoms with E-state index >= 15 is 0 Å². The van der Waals surface area contributed by atoms with Gasteiger partial charge in [-0.05, 0) is 48.7 Å². The molecule has 1 aliphatic heterocycles. The molecule has 3 rings (SSSR count). The minimum absolute atomic E-state index is 0.190. The summed E-state index contributed by atoms with van der Waals surface area (Å²) in [6.07, 6.45) is 0.705. The van der Waals surface area contributed by atoms with E-state index in [-0.39, 0.29) is 11.5 Å². The highest BCUT2D eigenvalue weighted by Gasteiger charge is 2.28. The fourth-order valence-electron chi connectivity index (χ4n) is 2.80. The lowest BCUT2D eigenvalue weighted by Crippen LogP contribution is -2.35. The van der Waals surface area contributed by atoms with Crippen molar-refractivity contribution in [1.29, 1.82) is 0 Å².